The quantitative estimate of drug-likeness (QED) is 0.463. The van der Waals surface area contributed by atoms with Gasteiger partial charge in [-0.1, -0.05) is 91.0 Å². The van der Waals surface area contributed by atoms with Crippen LogP contribution in [-0.2, 0) is 5.41 Å². The van der Waals surface area contributed by atoms with Crippen LogP contribution in [0.25, 0.3) is 11.1 Å². The zero-order chi connectivity index (χ0) is 18.0. The predicted molar refractivity (Wildman–Crippen MR) is 115 cm³/mol. The standard InChI is InChI=1S/C26H20S/c1-26(17-9-3-2-4-10-17)21-13-7-5-12-20(21)24-22(26)16-15-19-18-11-6-8-14-23(18)27-25(19)24/h2-16,18,23H,1H3. The molecule has 6 rings (SSSR count). The first-order valence-electron chi connectivity index (χ1n) is 9.63. The largest absolute Gasteiger partial charge is 0.117 e. The third-order valence-corrected chi connectivity index (χ3v) is 7.91. The first-order valence-corrected chi connectivity index (χ1v) is 10.5. The average Bonchev–Trinajstić information content (AvgIpc) is 3.23. The van der Waals surface area contributed by atoms with Crippen LogP contribution in [0.2, 0.25) is 0 Å². The van der Waals surface area contributed by atoms with Crippen LogP contribution in [0.4, 0.5) is 0 Å². The van der Waals surface area contributed by atoms with E-state index < -0.39 is 0 Å². The summed E-state index contributed by atoms with van der Waals surface area (Å²) in [4.78, 5) is 1.49. The Balaban J connectivity index is 1.67. The molecule has 3 unspecified atom stereocenters. The predicted octanol–water partition coefficient (Wildman–Crippen LogP) is 6.71. The average molecular weight is 365 g/mol. The van der Waals surface area contributed by atoms with Crippen molar-refractivity contribution in [1.82, 2.24) is 0 Å². The van der Waals surface area contributed by atoms with E-state index in [1.165, 1.54) is 38.3 Å². The zero-order valence-corrected chi connectivity index (χ0v) is 16.0. The molecule has 0 spiro atoms. The molecule has 0 radical (unpaired) electrons. The summed E-state index contributed by atoms with van der Waals surface area (Å²) in [5.74, 6) is 0.510. The van der Waals surface area contributed by atoms with Crippen LogP contribution < -0.4 is 0 Å². The minimum atomic E-state index is -0.0950. The molecule has 3 atom stereocenters. The molecule has 3 aromatic rings. The van der Waals surface area contributed by atoms with Gasteiger partial charge in [0.05, 0.1) is 0 Å². The molecule has 0 amide bonds. The van der Waals surface area contributed by atoms with Crippen LogP contribution in [0.15, 0.2) is 95.9 Å². The molecule has 0 fully saturated rings. The van der Waals surface area contributed by atoms with Gasteiger partial charge in [-0.2, -0.15) is 0 Å². The van der Waals surface area contributed by atoms with Gasteiger partial charge in [0.15, 0.2) is 0 Å². The number of rotatable bonds is 1. The van der Waals surface area contributed by atoms with Gasteiger partial charge >= 0.3 is 0 Å². The Morgan fingerprint density at radius 1 is 0.778 bits per heavy atom. The van der Waals surface area contributed by atoms with Gasteiger partial charge in [0.2, 0.25) is 0 Å². The lowest BCUT2D eigenvalue weighted by Crippen LogP contribution is -2.22. The van der Waals surface area contributed by atoms with Crippen molar-refractivity contribution in [3.63, 3.8) is 0 Å². The summed E-state index contributed by atoms with van der Waals surface area (Å²) >= 11 is 2.05. The second-order valence-corrected chi connectivity index (χ2v) is 9.01. The molecule has 3 aliphatic rings. The number of thioether (sulfide) groups is 1. The second-order valence-electron chi connectivity index (χ2n) is 7.82. The number of fused-ring (bicyclic) bond motifs is 7. The fraction of sp³-hybridized carbons (Fsp3) is 0.154. The summed E-state index contributed by atoms with van der Waals surface area (Å²) in [6.45, 7) is 2.39. The first-order chi connectivity index (χ1) is 13.3. The third kappa shape index (κ3) is 1.96. The molecule has 2 aliphatic carbocycles. The molecular weight excluding hydrogens is 344 g/mol. The van der Waals surface area contributed by atoms with Gasteiger partial charge in [0.25, 0.3) is 0 Å². The molecule has 0 saturated heterocycles. The number of hydrogen-bond acceptors (Lipinski definition) is 1. The van der Waals surface area contributed by atoms with Gasteiger partial charge in [-0.15, -0.1) is 11.8 Å². The van der Waals surface area contributed by atoms with Crippen molar-refractivity contribution in [2.24, 2.45) is 0 Å². The van der Waals surface area contributed by atoms with Gasteiger partial charge < -0.3 is 0 Å². The van der Waals surface area contributed by atoms with Crippen LogP contribution in [0.3, 0.4) is 0 Å². The topological polar surface area (TPSA) is 0 Å². The highest BCUT2D eigenvalue weighted by Gasteiger charge is 2.44. The summed E-state index contributed by atoms with van der Waals surface area (Å²) in [7, 11) is 0. The Bertz CT molecular complexity index is 1120. The van der Waals surface area contributed by atoms with Crippen molar-refractivity contribution < 1.29 is 0 Å². The normalized spacial score (nSPS) is 26.4. The van der Waals surface area contributed by atoms with Crippen molar-refractivity contribution >= 4 is 11.8 Å². The molecule has 0 N–H and O–H groups in total. The highest BCUT2D eigenvalue weighted by Crippen LogP contribution is 2.60. The van der Waals surface area contributed by atoms with Crippen LogP contribution in [0.5, 0.6) is 0 Å². The molecule has 1 heteroatoms. The van der Waals surface area contributed by atoms with E-state index in [0.717, 1.165) is 0 Å². The molecule has 130 valence electrons. The minimum absolute atomic E-state index is 0.0950. The molecule has 27 heavy (non-hydrogen) atoms. The number of benzene rings is 3. The lowest BCUT2D eigenvalue weighted by atomic mass is 9.74. The maximum atomic E-state index is 2.40. The minimum Gasteiger partial charge on any atom is -0.117 e. The fourth-order valence-electron chi connectivity index (χ4n) is 5.15. The van der Waals surface area contributed by atoms with E-state index in [1.807, 2.05) is 11.8 Å². The van der Waals surface area contributed by atoms with E-state index in [1.54, 1.807) is 0 Å². The van der Waals surface area contributed by atoms with E-state index in [-0.39, 0.29) is 5.41 Å². The zero-order valence-electron chi connectivity index (χ0n) is 15.2. The molecule has 0 saturated carbocycles. The summed E-state index contributed by atoms with van der Waals surface area (Å²) < 4.78 is 0. The molecule has 1 heterocycles. The van der Waals surface area contributed by atoms with Gasteiger partial charge in [0.1, 0.15) is 0 Å². The number of allylic oxidation sites excluding steroid dienone is 3. The molecular formula is C26H20S. The van der Waals surface area contributed by atoms with E-state index in [2.05, 4.69) is 98.0 Å². The Morgan fingerprint density at radius 2 is 1.56 bits per heavy atom. The summed E-state index contributed by atoms with van der Waals surface area (Å²) in [5, 5.41) is 0.534. The summed E-state index contributed by atoms with van der Waals surface area (Å²) in [6.07, 6.45) is 9.13. The van der Waals surface area contributed by atoms with Crippen LogP contribution in [0, 0.1) is 0 Å². The third-order valence-electron chi connectivity index (χ3n) is 6.51. The van der Waals surface area contributed by atoms with Gasteiger partial charge in [-0.3, -0.25) is 0 Å². The maximum absolute atomic E-state index is 2.40. The molecule has 0 aromatic heterocycles. The monoisotopic (exact) mass is 364 g/mol. The molecule has 0 nitrogen and oxygen atoms in total. The lowest BCUT2D eigenvalue weighted by molar-refractivity contribution is 0.712. The molecule has 1 aliphatic heterocycles. The summed E-state index contributed by atoms with van der Waals surface area (Å²) in [6, 6.07) is 24.8. The molecule has 3 aromatic carbocycles. The van der Waals surface area contributed by atoms with Crippen molar-refractivity contribution in [2.75, 3.05) is 0 Å². The van der Waals surface area contributed by atoms with Crippen LogP contribution in [-0.4, -0.2) is 5.25 Å². The highest BCUT2D eigenvalue weighted by atomic mass is 32.2. The Morgan fingerprint density at radius 3 is 2.44 bits per heavy atom. The van der Waals surface area contributed by atoms with Gasteiger partial charge in [-0.25, -0.2) is 0 Å². The van der Waals surface area contributed by atoms with Crippen molar-refractivity contribution in [1.29, 1.82) is 0 Å². The van der Waals surface area contributed by atoms with Gasteiger partial charge in [0, 0.05) is 27.0 Å². The number of hydrogen-bond donors (Lipinski definition) is 0. The lowest BCUT2D eigenvalue weighted by Gasteiger charge is -2.28. The highest BCUT2D eigenvalue weighted by molar-refractivity contribution is 8.00. The summed E-state index contributed by atoms with van der Waals surface area (Å²) in [5.41, 5.74) is 8.54. The van der Waals surface area contributed by atoms with Gasteiger partial charge in [-0.05, 0) is 34.7 Å². The molecule has 0 bridgehead atoms. The van der Waals surface area contributed by atoms with E-state index in [0.29, 0.717) is 11.2 Å². The SMILES string of the molecule is CC1(c2ccccc2)c2ccccc2-c2c1ccc1c2SC2C=CC=CC12. The van der Waals surface area contributed by atoms with Crippen molar-refractivity contribution in [3.05, 3.63) is 113 Å². The maximum Gasteiger partial charge on any atom is 0.0435 e. The van der Waals surface area contributed by atoms with E-state index in [4.69, 9.17) is 0 Å². The first kappa shape index (κ1) is 15.5. The Labute approximate surface area is 164 Å². The Kier molecular flexibility index (Phi) is 3.16. The van der Waals surface area contributed by atoms with Crippen LogP contribution >= 0.6 is 11.8 Å². The smallest absolute Gasteiger partial charge is 0.0435 e. The fourth-order valence-corrected chi connectivity index (χ4v) is 6.66. The van der Waals surface area contributed by atoms with E-state index >= 15 is 0 Å². The van der Waals surface area contributed by atoms with E-state index in [9.17, 15) is 0 Å². The van der Waals surface area contributed by atoms with Crippen LogP contribution in [0.1, 0.15) is 35.1 Å². The van der Waals surface area contributed by atoms with Crippen molar-refractivity contribution in [3.8, 4) is 11.1 Å². The second kappa shape index (κ2) is 5.50. The van der Waals surface area contributed by atoms with Crippen molar-refractivity contribution in [2.45, 2.75) is 28.4 Å². The Hall–Kier alpha value is -2.51.